The maximum atomic E-state index is 12.7. The molecule has 1 saturated heterocycles. The second-order valence-electron chi connectivity index (χ2n) is 5.75. The summed E-state index contributed by atoms with van der Waals surface area (Å²) in [5.74, 6) is -0.698. The second-order valence-corrected chi connectivity index (χ2v) is 7.81. The molecule has 1 aliphatic rings. The van der Waals surface area contributed by atoms with Crippen molar-refractivity contribution in [1.82, 2.24) is 0 Å². The molecule has 3 N–H and O–H groups in total. The molecule has 0 spiro atoms. The number of nitrogens with zero attached hydrogens (tertiary/aromatic N) is 3. The van der Waals surface area contributed by atoms with Gasteiger partial charge in [0.25, 0.3) is 0 Å². The van der Waals surface area contributed by atoms with Gasteiger partial charge in [0.15, 0.2) is 5.17 Å². The number of anilines is 1. The van der Waals surface area contributed by atoms with E-state index in [4.69, 9.17) is 28.9 Å². The number of thioether (sulfide) groups is 1. The molecule has 144 valence electrons. The summed E-state index contributed by atoms with van der Waals surface area (Å²) >= 11 is 13.0. The van der Waals surface area contributed by atoms with Crippen LogP contribution >= 0.6 is 35.0 Å². The summed E-state index contributed by atoms with van der Waals surface area (Å²) in [6.45, 7) is 0. The van der Waals surface area contributed by atoms with Crippen LogP contribution in [-0.2, 0) is 9.59 Å². The number of halogens is 2. The molecule has 2 aromatic carbocycles. The number of carbonyl (C=O) groups is 2. The minimum absolute atomic E-state index is 0.0375. The molecule has 1 unspecified atom stereocenters. The number of nitrogens with two attached hydrogens (primary N) is 1. The molecule has 2 amide bonds. The van der Waals surface area contributed by atoms with Gasteiger partial charge in [0.1, 0.15) is 11.0 Å². The Balaban J connectivity index is 1.69. The van der Waals surface area contributed by atoms with Crippen LogP contribution in [0, 0.1) is 0 Å². The minimum Gasteiger partial charge on any atom is -0.508 e. The third-order valence-electron chi connectivity index (χ3n) is 3.77. The fourth-order valence-electron chi connectivity index (χ4n) is 2.49. The molecule has 0 aliphatic carbocycles. The summed E-state index contributed by atoms with van der Waals surface area (Å²) in [6.07, 6.45) is 1.41. The first-order chi connectivity index (χ1) is 13.3. The highest BCUT2D eigenvalue weighted by Gasteiger charge is 2.41. The van der Waals surface area contributed by atoms with Gasteiger partial charge in [-0.2, -0.15) is 5.10 Å². The van der Waals surface area contributed by atoms with E-state index in [1.165, 1.54) is 30.5 Å². The Morgan fingerprint density at radius 1 is 1.21 bits per heavy atom. The van der Waals surface area contributed by atoms with E-state index < -0.39 is 17.1 Å². The van der Waals surface area contributed by atoms with Gasteiger partial charge in [0, 0.05) is 11.4 Å². The average molecular weight is 437 g/mol. The highest BCUT2D eigenvalue weighted by molar-refractivity contribution is 8.14. The number of aromatic hydroxyl groups is 1. The average Bonchev–Trinajstić information content (AvgIpc) is 2.92. The van der Waals surface area contributed by atoms with Crippen molar-refractivity contribution in [3.8, 4) is 5.75 Å². The summed E-state index contributed by atoms with van der Waals surface area (Å²) in [6, 6.07) is 10.9. The lowest BCUT2D eigenvalue weighted by Gasteiger charge is -2.16. The van der Waals surface area contributed by atoms with Crippen molar-refractivity contribution in [3.63, 3.8) is 0 Å². The number of hydrogen-bond acceptors (Lipinski definition) is 6. The lowest BCUT2D eigenvalue weighted by atomic mass is 10.2. The van der Waals surface area contributed by atoms with E-state index in [-0.39, 0.29) is 28.0 Å². The molecule has 7 nitrogen and oxygen atoms in total. The Hall–Kier alpha value is -2.55. The molecule has 0 aromatic heterocycles. The molecule has 1 atom stereocenters. The molecule has 1 heterocycles. The van der Waals surface area contributed by atoms with Crippen LogP contribution in [0.25, 0.3) is 0 Å². The second kappa shape index (κ2) is 8.64. The Bertz CT molecular complexity index is 979. The molecule has 1 fully saturated rings. The molecule has 28 heavy (non-hydrogen) atoms. The highest BCUT2D eigenvalue weighted by Crippen LogP contribution is 2.35. The zero-order valence-electron chi connectivity index (χ0n) is 14.3. The van der Waals surface area contributed by atoms with E-state index in [1.54, 1.807) is 18.2 Å². The molecular formula is C18H14Cl2N4O3S. The van der Waals surface area contributed by atoms with Crippen molar-refractivity contribution in [2.24, 2.45) is 15.9 Å². The molecule has 3 rings (SSSR count). The van der Waals surface area contributed by atoms with Gasteiger partial charge in [-0.3, -0.25) is 9.59 Å². The van der Waals surface area contributed by atoms with Gasteiger partial charge in [-0.05, 0) is 48.0 Å². The van der Waals surface area contributed by atoms with Crippen molar-refractivity contribution < 1.29 is 14.7 Å². The zero-order chi connectivity index (χ0) is 20.3. The molecule has 10 heteroatoms. The molecule has 0 radical (unpaired) electrons. The van der Waals surface area contributed by atoms with Gasteiger partial charge < -0.3 is 10.8 Å². The Kier molecular flexibility index (Phi) is 6.23. The molecule has 0 bridgehead atoms. The SMILES string of the molecule is N/C(=N\N=C\c1ccc(O)cc1)SC1CC(=O)N(c2cc(Cl)ccc2Cl)C1=O. The van der Waals surface area contributed by atoms with E-state index in [0.717, 1.165) is 16.7 Å². The predicted octanol–water partition coefficient (Wildman–Crippen LogP) is 3.41. The number of rotatable bonds is 4. The Labute approximate surface area is 174 Å². The van der Waals surface area contributed by atoms with Crippen molar-refractivity contribution in [3.05, 3.63) is 58.1 Å². The van der Waals surface area contributed by atoms with Crippen molar-refractivity contribution in [2.75, 3.05) is 4.90 Å². The van der Waals surface area contributed by atoms with Gasteiger partial charge in [-0.1, -0.05) is 35.0 Å². The standard InChI is InChI=1S/C18H14Cl2N4O3S/c19-11-3-6-13(20)14(7-11)24-16(26)8-15(17(24)27)28-18(21)23-22-9-10-1-4-12(25)5-2-10/h1-7,9,15,25H,8H2,(H2,21,23)/b22-9+. The molecule has 1 aliphatic heterocycles. The van der Waals surface area contributed by atoms with Crippen LogP contribution in [-0.4, -0.2) is 33.6 Å². The fraction of sp³-hybridized carbons (Fsp3) is 0.111. The van der Waals surface area contributed by atoms with Gasteiger partial charge >= 0.3 is 0 Å². The lowest BCUT2D eigenvalue weighted by Crippen LogP contribution is -2.32. The highest BCUT2D eigenvalue weighted by atomic mass is 35.5. The molecule has 2 aromatic rings. The van der Waals surface area contributed by atoms with Gasteiger partial charge in [-0.25, -0.2) is 4.90 Å². The maximum Gasteiger partial charge on any atom is 0.247 e. The Morgan fingerprint density at radius 3 is 2.64 bits per heavy atom. The lowest BCUT2D eigenvalue weighted by molar-refractivity contribution is -0.121. The Morgan fingerprint density at radius 2 is 1.93 bits per heavy atom. The smallest absolute Gasteiger partial charge is 0.247 e. The van der Waals surface area contributed by atoms with Gasteiger partial charge in [0.05, 0.1) is 16.9 Å². The monoisotopic (exact) mass is 436 g/mol. The van der Waals surface area contributed by atoms with Crippen molar-refractivity contribution >= 4 is 63.8 Å². The first-order valence-corrected chi connectivity index (χ1v) is 9.63. The van der Waals surface area contributed by atoms with Crippen LogP contribution in [0.15, 0.2) is 52.7 Å². The number of imide groups is 1. The number of phenols is 1. The van der Waals surface area contributed by atoms with E-state index in [0.29, 0.717) is 10.6 Å². The maximum absolute atomic E-state index is 12.7. The van der Waals surface area contributed by atoms with Gasteiger partial charge in [-0.15, -0.1) is 5.10 Å². The zero-order valence-corrected chi connectivity index (χ0v) is 16.6. The number of benzene rings is 2. The summed E-state index contributed by atoms with van der Waals surface area (Å²) < 4.78 is 0. The van der Waals surface area contributed by atoms with E-state index in [2.05, 4.69) is 10.2 Å². The van der Waals surface area contributed by atoms with Crippen LogP contribution in [0.2, 0.25) is 10.0 Å². The number of amidine groups is 1. The third-order valence-corrected chi connectivity index (χ3v) is 5.30. The molecule has 0 saturated carbocycles. The first-order valence-electron chi connectivity index (χ1n) is 7.99. The van der Waals surface area contributed by atoms with Crippen LogP contribution in [0.4, 0.5) is 5.69 Å². The normalized spacial score (nSPS) is 17.7. The summed E-state index contributed by atoms with van der Waals surface area (Å²) in [7, 11) is 0. The van der Waals surface area contributed by atoms with E-state index >= 15 is 0 Å². The topological polar surface area (TPSA) is 108 Å². The third kappa shape index (κ3) is 4.64. The van der Waals surface area contributed by atoms with Crippen LogP contribution in [0.5, 0.6) is 5.75 Å². The summed E-state index contributed by atoms with van der Waals surface area (Å²) in [5, 5.41) is 16.8. The van der Waals surface area contributed by atoms with E-state index in [9.17, 15) is 14.7 Å². The summed E-state index contributed by atoms with van der Waals surface area (Å²) in [5.41, 5.74) is 6.78. The van der Waals surface area contributed by atoms with Crippen molar-refractivity contribution in [1.29, 1.82) is 0 Å². The van der Waals surface area contributed by atoms with Crippen LogP contribution < -0.4 is 10.6 Å². The van der Waals surface area contributed by atoms with Crippen LogP contribution in [0.1, 0.15) is 12.0 Å². The minimum atomic E-state index is -0.727. The number of hydrogen-bond donors (Lipinski definition) is 2. The first kappa shape index (κ1) is 20.2. The molecular weight excluding hydrogens is 423 g/mol. The fourth-order valence-corrected chi connectivity index (χ4v) is 3.67. The predicted molar refractivity (Wildman–Crippen MR) is 112 cm³/mol. The van der Waals surface area contributed by atoms with Crippen LogP contribution in [0.3, 0.4) is 0 Å². The largest absolute Gasteiger partial charge is 0.508 e. The number of phenolic OH excluding ortho intramolecular Hbond substituents is 1. The van der Waals surface area contributed by atoms with Gasteiger partial charge in [0.2, 0.25) is 11.8 Å². The van der Waals surface area contributed by atoms with E-state index in [1.807, 2.05) is 0 Å². The number of amides is 2. The number of carbonyl (C=O) groups excluding carboxylic acids is 2. The van der Waals surface area contributed by atoms with Crippen molar-refractivity contribution in [2.45, 2.75) is 11.7 Å². The quantitative estimate of drug-likeness (QED) is 0.330. The summed E-state index contributed by atoms with van der Waals surface area (Å²) in [4.78, 5) is 26.0.